The van der Waals surface area contributed by atoms with Crippen molar-refractivity contribution in [3.63, 3.8) is 0 Å². The predicted octanol–water partition coefficient (Wildman–Crippen LogP) is 3.74. The Morgan fingerprint density at radius 1 is 1.18 bits per heavy atom. The number of fused-ring (bicyclic) bond motifs is 1. The summed E-state index contributed by atoms with van der Waals surface area (Å²) in [6, 6.07) is 5.03. The summed E-state index contributed by atoms with van der Waals surface area (Å²) < 4.78 is 39.2. The molecule has 0 atom stereocenters. The van der Waals surface area contributed by atoms with E-state index in [0.29, 0.717) is 30.2 Å². The number of carbonyl (C=O) groups is 1. The van der Waals surface area contributed by atoms with E-state index in [1.807, 2.05) is 0 Å². The number of hydrogen-bond acceptors (Lipinski definition) is 4. The molecule has 6 nitrogen and oxygen atoms in total. The van der Waals surface area contributed by atoms with Crippen LogP contribution in [0, 0.1) is 0 Å². The van der Waals surface area contributed by atoms with Crippen molar-refractivity contribution in [3.05, 3.63) is 64.1 Å². The lowest BCUT2D eigenvalue weighted by molar-refractivity contribution is -0.137. The minimum atomic E-state index is -4.63. The Hall–Kier alpha value is -2.94. The summed E-state index contributed by atoms with van der Waals surface area (Å²) in [5, 5.41) is 6.52. The van der Waals surface area contributed by atoms with E-state index in [2.05, 4.69) is 20.2 Å². The van der Waals surface area contributed by atoms with E-state index in [4.69, 9.17) is 11.6 Å². The SMILES string of the molecule is O=C(c1cccc(C(F)(F)F)c1Cl)N1CCc2c(n[nH]c2-c2ncccn2)C1. The van der Waals surface area contributed by atoms with E-state index in [9.17, 15) is 18.0 Å². The number of halogens is 4. The van der Waals surface area contributed by atoms with Gasteiger partial charge in [-0.3, -0.25) is 9.89 Å². The number of alkyl halides is 3. The summed E-state index contributed by atoms with van der Waals surface area (Å²) in [6.45, 7) is 0.474. The van der Waals surface area contributed by atoms with Crippen LogP contribution >= 0.6 is 11.6 Å². The second-order valence-electron chi connectivity index (χ2n) is 6.24. The zero-order valence-corrected chi connectivity index (χ0v) is 15.1. The number of nitrogens with zero attached hydrogens (tertiary/aromatic N) is 4. The Kier molecular flexibility index (Phi) is 4.54. The molecule has 1 N–H and O–H groups in total. The Morgan fingerprint density at radius 2 is 1.93 bits per heavy atom. The van der Waals surface area contributed by atoms with Crippen LogP contribution in [0.15, 0.2) is 36.7 Å². The molecule has 1 aliphatic heterocycles. The van der Waals surface area contributed by atoms with Gasteiger partial charge in [-0.15, -0.1) is 0 Å². The number of amides is 1. The van der Waals surface area contributed by atoms with Crippen molar-refractivity contribution in [1.82, 2.24) is 25.1 Å². The molecule has 3 aromatic rings. The predicted molar refractivity (Wildman–Crippen MR) is 94.5 cm³/mol. The molecule has 0 spiro atoms. The minimum absolute atomic E-state index is 0.157. The number of aromatic amines is 1. The van der Waals surface area contributed by atoms with Crippen molar-refractivity contribution in [3.8, 4) is 11.5 Å². The summed E-state index contributed by atoms with van der Waals surface area (Å²) in [7, 11) is 0. The Bertz CT molecular complexity index is 1040. The van der Waals surface area contributed by atoms with Crippen molar-refractivity contribution in [2.75, 3.05) is 6.54 Å². The monoisotopic (exact) mass is 407 g/mol. The van der Waals surface area contributed by atoms with E-state index in [1.54, 1.807) is 18.5 Å². The van der Waals surface area contributed by atoms with Crippen molar-refractivity contribution < 1.29 is 18.0 Å². The van der Waals surface area contributed by atoms with Gasteiger partial charge in [-0.1, -0.05) is 17.7 Å². The lowest BCUT2D eigenvalue weighted by Gasteiger charge is -2.27. The van der Waals surface area contributed by atoms with Crippen molar-refractivity contribution in [1.29, 1.82) is 0 Å². The molecule has 0 unspecified atom stereocenters. The number of carbonyl (C=O) groups excluding carboxylic acids is 1. The molecule has 10 heteroatoms. The largest absolute Gasteiger partial charge is 0.417 e. The first kappa shape index (κ1) is 18.4. The molecular weight excluding hydrogens is 395 g/mol. The van der Waals surface area contributed by atoms with Crippen LogP contribution in [0.1, 0.15) is 27.2 Å². The zero-order chi connectivity index (χ0) is 19.9. The van der Waals surface area contributed by atoms with Gasteiger partial charge in [0, 0.05) is 24.5 Å². The van der Waals surface area contributed by atoms with Gasteiger partial charge in [-0.25, -0.2) is 9.97 Å². The van der Waals surface area contributed by atoms with Crippen LogP contribution < -0.4 is 0 Å². The number of nitrogens with one attached hydrogen (secondary N) is 1. The third kappa shape index (κ3) is 3.22. The average molecular weight is 408 g/mol. The first-order valence-electron chi connectivity index (χ1n) is 8.34. The molecule has 0 radical (unpaired) electrons. The van der Waals surface area contributed by atoms with Gasteiger partial charge in [0.25, 0.3) is 5.91 Å². The molecule has 28 heavy (non-hydrogen) atoms. The highest BCUT2D eigenvalue weighted by molar-refractivity contribution is 6.34. The van der Waals surface area contributed by atoms with Gasteiger partial charge < -0.3 is 4.90 Å². The molecular formula is C18H13ClF3N5O. The van der Waals surface area contributed by atoms with Crippen LogP contribution in [0.25, 0.3) is 11.5 Å². The topological polar surface area (TPSA) is 74.8 Å². The second-order valence-corrected chi connectivity index (χ2v) is 6.62. The van der Waals surface area contributed by atoms with Crippen LogP contribution in [0.3, 0.4) is 0 Å². The molecule has 2 aromatic heterocycles. The second kappa shape index (κ2) is 6.90. The maximum Gasteiger partial charge on any atom is 0.417 e. The molecule has 3 heterocycles. The molecule has 0 fully saturated rings. The fraction of sp³-hybridized carbons (Fsp3) is 0.222. The first-order chi connectivity index (χ1) is 13.4. The van der Waals surface area contributed by atoms with Crippen LogP contribution in [0.5, 0.6) is 0 Å². The Labute approximate surface area is 162 Å². The van der Waals surface area contributed by atoms with Gasteiger partial charge in [0.1, 0.15) is 5.69 Å². The number of H-pyrrole nitrogens is 1. The number of benzene rings is 1. The van der Waals surface area contributed by atoms with Gasteiger partial charge in [0.2, 0.25) is 0 Å². The van der Waals surface area contributed by atoms with Crippen molar-refractivity contribution in [2.45, 2.75) is 19.1 Å². The summed E-state index contributed by atoms with van der Waals surface area (Å²) in [6.07, 6.45) is -0.926. The Morgan fingerprint density at radius 3 is 2.64 bits per heavy atom. The van der Waals surface area contributed by atoms with E-state index < -0.39 is 22.7 Å². The maximum absolute atomic E-state index is 13.1. The summed E-state index contributed by atoms with van der Waals surface area (Å²) >= 11 is 5.89. The molecule has 4 rings (SSSR count). The van der Waals surface area contributed by atoms with Gasteiger partial charge in [0.05, 0.1) is 28.4 Å². The molecule has 0 bridgehead atoms. The Balaban J connectivity index is 1.61. The lowest BCUT2D eigenvalue weighted by Crippen LogP contribution is -2.36. The van der Waals surface area contributed by atoms with Crippen LogP contribution in [-0.4, -0.2) is 37.5 Å². The van der Waals surface area contributed by atoms with Crippen LogP contribution in [-0.2, 0) is 19.1 Å². The van der Waals surface area contributed by atoms with E-state index >= 15 is 0 Å². The third-order valence-corrected chi connectivity index (χ3v) is 4.94. The number of aromatic nitrogens is 4. The number of hydrogen-bond donors (Lipinski definition) is 1. The minimum Gasteiger partial charge on any atom is -0.332 e. The lowest BCUT2D eigenvalue weighted by atomic mass is 10.0. The highest BCUT2D eigenvalue weighted by Gasteiger charge is 2.36. The zero-order valence-electron chi connectivity index (χ0n) is 14.3. The molecule has 0 aliphatic carbocycles. The van der Waals surface area contributed by atoms with Crippen LogP contribution in [0.2, 0.25) is 5.02 Å². The van der Waals surface area contributed by atoms with Crippen molar-refractivity contribution >= 4 is 17.5 Å². The average Bonchev–Trinajstić information content (AvgIpc) is 3.10. The van der Waals surface area contributed by atoms with Crippen molar-refractivity contribution in [2.24, 2.45) is 0 Å². The molecule has 0 saturated heterocycles. The maximum atomic E-state index is 13.1. The first-order valence-corrected chi connectivity index (χ1v) is 8.72. The quantitative estimate of drug-likeness (QED) is 0.702. The van der Waals surface area contributed by atoms with E-state index in [0.717, 1.165) is 11.6 Å². The summed E-state index contributed by atoms with van der Waals surface area (Å²) in [5.41, 5.74) is 0.999. The summed E-state index contributed by atoms with van der Waals surface area (Å²) in [5.74, 6) is -0.0702. The molecule has 144 valence electrons. The highest BCUT2D eigenvalue weighted by Crippen LogP contribution is 2.37. The smallest absolute Gasteiger partial charge is 0.332 e. The molecule has 1 amide bonds. The summed E-state index contributed by atoms with van der Waals surface area (Å²) in [4.78, 5) is 22.6. The van der Waals surface area contributed by atoms with Gasteiger partial charge in [0.15, 0.2) is 5.82 Å². The fourth-order valence-corrected chi connectivity index (χ4v) is 3.50. The highest BCUT2D eigenvalue weighted by atomic mass is 35.5. The molecule has 1 aliphatic rings. The van der Waals surface area contributed by atoms with Gasteiger partial charge in [-0.2, -0.15) is 18.3 Å². The third-order valence-electron chi connectivity index (χ3n) is 4.54. The molecule has 0 saturated carbocycles. The van der Waals surface area contributed by atoms with Gasteiger partial charge >= 0.3 is 6.18 Å². The molecule has 1 aromatic carbocycles. The van der Waals surface area contributed by atoms with Gasteiger partial charge in [-0.05, 0) is 24.6 Å². The standard InChI is InChI=1S/C18H13ClF3N5O/c19-14-11(3-1-4-12(14)18(20,21)22)17(28)27-8-5-10-13(9-27)25-26-15(10)16-23-6-2-7-24-16/h1-4,6-7H,5,8-9H2,(H,25,26). The fourth-order valence-electron chi connectivity index (χ4n) is 3.18. The van der Waals surface area contributed by atoms with Crippen LogP contribution in [0.4, 0.5) is 13.2 Å². The van der Waals surface area contributed by atoms with E-state index in [-0.39, 0.29) is 12.1 Å². The number of rotatable bonds is 2. The normalized spacial score (nSPS) is 14.1. The van der Waals surface area contributed by atoms with E-state index in [1.165, 1.54) is 17.0 Å².